The number of para-hydroxylation sites is 1. The molecule has 1 aromatic carbocycles. The molecule has 2 aromatic rings. The van der Waals surface area contributed by atoms with Gasteiger partial charge in [-0.05, 0) is 31.4 Å². The number of esters is 1. The van der Waals surface area contributed by atoms with Crippen LogP contribution in [0.2, 0.25) is 0 Å². The number of pyridine rings is 1. The quantitative estimate of drug-likeness (QED) is 0.743. The van der Waals surface area contributed by atoms with E-state index in [0.717, 1.165) is 28.8 Å². The molecule has 22 heavy (non-hydrogen) atoms. The summed E-state index contributed by atoms with van der Waals surface area (Å²) in [5.41, 5.74) is 1.92. The fourth-order valence-electron chi connectivity index (χ4n) is 3.26. The van der Waals surface area contributed by atoms with Gasteiger partial charge in [-0.2, -0.15) is 0 Å². The van der Waals surface area contributed by atoms with E-state index in [2.05, 4.69) is 11.1 Å². The number of hydrogen-bond donors (Lipinski definition) is 0. The highest BCUT2D eigenvalue weighted by atomic mass is 16.5. The van der Waals surface area contributed by atoms with Crippen LogP contribution in [-0.4, -0.2) is 11.0 Å². The SMILES string of the molecule is CC(OC(=O)CCC1CCCC1)c1cnc2ccccc2c1. The van der Waals surface area contributed by atoms with E-state index in [0.29, 0.717) is 6.42 Å². The predicted octanol–water partition coefficient (Wildman–Crippen LogP) is 4.81. The average Bonchev–Trinajstić information content (AvgIpc) is 3.06. The number of hydrogen-bond acceptors (Lipinski definition) is 3. The molecule has 0 saturated heterocycles. The van der Waals surface area contributed by atoms with Gasteiger partial charge in [0.05, 0.1) is 5.52 Å². The second-order valence-electron chi connectivity index (χ2n) is 6.28. The molecule has 0 spiro atoms. The van der Waals surface area contributed by atoms with Crippen LogP contribution in [0.3, 0.4) is 0 Å². The molecule has 1 fully saturated rings. The predicted molar refractivity (Wildman–Crippen MR) is 87.4 cm³/mol. The van der Waals surface area contributed by atoms with E-state index < -0.39 is 0 Å². The second kappa shape index (κ2) is 6.91. The Morgan fingerprint density at radius 1 is 1.32 bits per heavy atom. The summed E-state index contributed by atoms with van der Waals surface area (Å²) in [5, 5.41) is 1.08. The van der Waals surface area contributed by atoms with E-state index in [1.807, 2.05) is 31.2 Å². The molecule has 3 rings (SSSR count). The standard InChI is InChI=1S/C19H23NO2/c1-14(22-19(21)11-10-15-6-2-3-7-15)17-12-16-8-4-5-9-18(16)20-13-17/h4-5,8-9,12-15H,2-3,6-7,10-11H2,1H3. The summed E-state index contributed by atoms with van der Waals surface area (Å²) in [6.07, 6.45) is 8.26. The molecular weight excluding hydrogens is 274 g/mol. The zero-order chi connectivity index (χ0) is 15.4. The van der Waals surface area contributed by atoms with Gasteiger partial charge in [0.2, 0.25) is 0 Å². The van der Waals surface area contributed by atoms with Crippen LogP contribution < -0.4 is 0 Å². The van der Waals surface area contributed by atoms with Gasteiger partial charge >= 0.3 is 5.97 Å². The molecule has 3 heteroatoms. The van der Waals surface area contributed by atoms with Crippen molar-refractivity contribution in [2.24, 2.45) is 5.92 Å². The molecule has 0 N–H and O–H groups in total. The molecule has 1 unspecified atom stereocenters. The van der Waals surface area contributed by atoms with Crippen molar-refractivity contribution in [3.63, 3.8) is 0 Å². The molecule has 1 heterocycles. The van der Waals surface area contributed by atoms with Crippen molar-refractivity contribution in [1.29, 1.82) is 0 Å². The van der Waals surface area contributed by atoms with Gasteiger partial charge in [-0.15, -0.1) is 0 Å². The van der Waals surface area contributed by atoms with Gasteiger partial charge in [0.1, 0.15) is 6.10 Å². The first kappa shape index (κ1) is 15.0. The highest BCUT2D eigenvalue weighted by Gasteiger charge is 2.18. The normalized spacial score (nSPS) is 16.8. The summed E-state index contributed by atoms with van der Waals surface area (Å²) in [6, 6.07) is 10.0. The first-order valence-electron chi connectivity index (χ1n) is 8.26. The molecule has 1 aliphatic rings. The summed E-state index contributed by atoms with van der Waals surface area (Å²) in [5.74, 6) is 0.637. The lowest BCUT2D eigenvalue weighted by Crippen LogP contribution is -2.10. The minimum absolute atomic E-state index is 0.0902. The topological polar surface area (TPSA) is 39.2 Å². The van der Waals surface area contributed by atoms with Crippen molar-refractivity contribution in [1.82, 2.24) is 4.98 Å². The Morgan fingerprint density at radius 3 is 2.91 bits per heavy atom. The van der Waals surface area contributed by atoms with Crippen LogP contribution in [0.4, 0.5) is 0 Å². The fourth-order valence-corrected chi connectivity index (χ4v) is 3.26. The Balaban J connectivity index is 1.57. The number of rotatable bonds is 5. The Morgan fingerprint density at radius 2 is 2.09 bits per heavy atom. The number of ether oxygens (including phenoxy) is 1. The number of aromatic nitrogens is 1. The van der Waals surface area contributed by atoms with Crippen molar-refractivity contribution < 1.29 is 9.53 Å². The van der Waals surface area contributed by atoms with Gasteiger partial charge < -0.3 is 4.74 Å². The largest absolute Gasteiger partial charge is 0.458 e. The molecule has 1 saturated carbocycles. The van der Waals surface area contributed by atoms with E-state index in [9.17, 15) is 4.79 Å². The van der Waals surface area contributed by atoms with Crippen LogP contribution in [0, 0.1) is 5.92 Å². The van der Waals surface area contributed by atoms with Crippen molar-refractivity contribution in [3.8, 4) is 0 Å². The third-order valence-electron chi connectivity index (χ3n) is 4.62. The molecule has 1 aliphatic carbocycles. The lowest BCUT2D eigenvalue weighted by atomic mass is 10.0. The molecule has 3 nitrogen and oxygen atoms in total. The number of benzene rings is 1. The van der Waals surface area contributed by atoms with E-state index in [4.69, 9.17) is 4.74 Å². The minimum Gasteiger partial charge on any atom is -0.458 e. The molecule has 0 radical (unpaired) electrons. The zero-order valence-corrected chi connectivity index (χ0v) is 13.1. The summed E-state index contributed by atoms with van der Waals surface area (Å²) >= 11 is 0. The summed E-state index contributed by atoms with van der Waals surface area (Å²) in [7, 11) is 0. The van der Waals surface area contributed by atoms with Crippen LogP contribution in [0.1, 0.15) is 57.1 Å². The molecule has 0 aliphatic heterocycles. The van der Waals surface area contributed by atoms with Crippen LogP contribution >= 0.6 is 0 Å². The van der Waals surface area contributed by atoms with Crippen molar-refractivity contribution >= 4 is 16.9 Å². The third-order valence-corrected chi connectivity index (χ3v) is 4.62. The van der Waals surface area contributed by atoms with Gasteiger partial charge in [0.15, 0.2) is 0 Å². The summed E-state index contributed by atoms with van der Waals surface area (Å²) < 4.78 is 5.57. The third kappa shape index (κ3) is 3.65. The van der Waals surface area contributed by atoms with Crippen LogP contribution in [0.5, 0.6) is 0 Å². The van der Waals surface area contributed by atoms with E-state index in [1.54, 1.807) is 6.20 Å². The van der Waals surface area contributed by atoms with E-state index >= 15 is 0 Å². The van der Waals surface area contributed by atoms with Crippen LogP contribution in [-0.2, 0) is 9.53 Å². The van der Waals surface area contributed by atoms with Crippen molar-refractivity contribution in [3.05, 3.63) is 42.1 Å². The minimum atomic E-state index is -0.242. The van der Waals surface area contributed by atoms with Crippen LogP contribution in [0.25, 0.3) is 10.9 Å². The van der Waals surface area contributed by atoms with Crippen LogP contribution in [0.15, 0.2) is 36.5 Å². The number of carbonyl (C=O) groups is 1. The maximum absolute atomic E-state index is 12.0. The van der Waals surface area contributed by atoms with E-state index in [1.165, 1.54) is 25.7 Å². The zero-order valence-electron chi connectivity index (χ0n) is 13.1. The Labute approximate surface area is 131 Å². The highest BCUT2D eigenvalue weighted by Crippen LogP contribution is 2.29. The molecule has 1 aromatic heterocycles. The first-order valence-corrected chi connectivity index (χ1v) is 8.26. The van der Waals surface area contributed by atoms with Gasteiger partial charge in [0, 0.05) is 23.6 Å². The summed E-state index contributed by atoms with van der Waals surface area (Å²) in [6.45, 7) is 1.92. The Bertz CT molecular complexity index is 647. The van der Waals surface area contributed by atoms with Gasteiger partial charge in [0.25, 0.3) is 0 Å². The van der Waals surface area contributed by atoms with Crippen molar-refractivity contribution in [2.75, 3.05) is 0 Å². The first-order chi connectivity index (χ1) is 10.7. The molecular formula is C19H23NO2. The number of fused-ring (bicyclic) bond motifs is 1. The average molecular weight is 297 g/mol. The Kier molecular flexibility index (Phi) is 4.71. The fraction of sp³-hybridized carbons (Fsp3) is 0.474. The number of nitrogens with zero attached hydrogens (tertiary/aromatic N) is 1. The molecule has 116 valence electrons. The Hall–Kier alpha value is -1.90. The van der Waals surface area contributed by atoms with E-state index in [-0.39, 0.29) is 12.1 Å². The maximum Gasteiger partial charge on any atom is 0.306 e. The lowest BCUT2D eigenvalue weighted by Gasteiger charge is -2.15. The molecule has 0 bridgehead atoms. The molecule has 1 atom stereocenters. The van der Waals surface area contributed by atoms with Gasteiger partial charge in [-0.3, -0.25) is 9.78 Å². The molecule has 0 amide bonds. The smallest absolute Gasteiger partial charge is 0.306 e. The van der Waals surface area contributed by atoms with Crippen molar-refractivity contribution in [2.45, 2.75) is 51.6 Å². The monoisotopic (exact) mass is 297 g/mol. The second-order valence-corrected chi connectivity index (χ2v) is 6.28. The highest BCUT2D eigenvalue weighted by molar-refractivity contribution is 5.79. The maximum atomic E-state index is 12.0. The van der Waals surface area contributed by atoms with Gasteiger partial charge in [-0.25, -0.2) is 0 Å². The lowest BCUT2D eigenvalue weighted by molar-refractivity contribution is -0.148. The number of carbonyl (C=O) groups excluding carboxylic acids is 1. The van der Waals surface area contributed by atoms with Gasteiger partial charge in [-0.1, -0.05) is 43.9 Å². The summed E-state index contributed by atoms with van der Waals surface area (Å²) in [4.78, 5) is 16.4.